The number of carbonyl (C=O) groups is 2. The van der Waals surface area contributed by atoms with Crippen LogP contribution in [0, 0.1) is 0 Å². The van der Waals surface area contributed by atoms with Crippen LogP contribution in [-0.4, -0.2) is 29.6 Å². The molecule has 8 heteroatoms. The first-order valence-corrected chi connectivity index (χ1v) is 7.98. The van der Waals surface area contributed by atoms with E-state index in [1.807, 2.05) is 0 Å². The first-order valence-electron chi connectivity index (χ1n) is 7.61. The molecule has 0 aromatic heterocycles. The molecule has 0 radical (unpaired) electrons. The molecule has 0 spiro atoms. The minimum atomic E-state index is -3.93. The van der Waals surface area contributed by atoms with E-state index in [4.69, 9.17) is 16.3 Å². The number of alkyl halides is 2. The predicted octanol–water partition coefficient (Wildman–Crippen LogP) is 2.65. The van der Waals surface area contributed by atoms with Crippen LogP contribution in [0.5, 0.6) is 0 Å². The Labute approximate surface area is 153 Å². The Hall–Kier alpha value is -2.51. The highest BCUT2D eigenvalue weighted by Crippen LogP contribution is 2.30. The molecule has 5 nitrogen and oxygen atoms in total. The standard InChI is InChI=1S/C18H16ClF2NO4/c19-14-8-4-7-13(9-14)18(20,21)17(25)22-15(10-23)16(24)26-11-12-5-2-1-3-6-12/h1-9,15,23H,10-11H2,(H,22,25). The summed E-state index contributed by atoms with van der Waals surface area (Å²) in [7, 11) is 0. The molecule has 1 atom stereocenters. The molecule has 2 aromatic carbocycles. The summed E-state index contributed by atoms with van der Waals surface area (Å²) in [5, 5.41) is 11.1. The van der Waals surface area contributed by atoms with Crippen molar-refractivity contribution in [1.29, 1.82) is 0 Å². The third-order valence-electron chi connectivity index (χ3n) is 3.47. The lowest BCUT2D eigenvalue weighted by Crippen LogP contribution is -2.49. The highest BCUT2D eigenvalue weighted by molar-refractivity contribution is 6.30. The molecule has 0 saturated carbocycles. The van der Waals surface area contributed by atoms with Gasteiger partial charge >= 0.3 is 11.9 Å². The molecule has 0 aliphatic rings. The average Bonchev–Trinajstić information content (AvgIpc) is 2.64. The van der Waals surface area contributed by atoms with Crippen LogP contribution in [0.4, 0.5) is 8.78 Å². The summed E-state index contributed by atoms with van der Waals surface area (Å²) in [6, 6.07) is 11.7. The van der Waals surface area contributed by atoms with Gasteiger partial charge in [-0.25, -0.2) is 4.79 Å². The fraction of sp³-hybridized carbons (Fsp3) is 0.222. The van der Waals surface area contributed by atoms with E-state index in [0.717, 1.165) is 12.1 Å². The summed E-state index contributed by atoms with van der Waals surface area (Å²) < 4.78 is 33.4. The number of aliphatic hydroxyl groups is 1. The molecule has 26 heavy (non-hydrogen) atoms. The van der Waals surface area contributed by atoms with Crippen LogP contribution in [0.15, 0.2) is 54.6 Å². The Balaban J connectivity index is 2.01. The third kappa shape index (κ3) is 5.00. The van der Waals surface area contributed by atoms with Crippen LogP contribution < -0.4 is 5.32 Å². The quantitative estimate of drug-likeness (QED) is 0.721. The number of hydrogen-bond donors (Lipinski definition) is 2. The number of carbonyl (C=O) groups excluding carboxylic acids is 2. The minimum Gasteiger partial charge on any atom is -0.459 e. The summed E-state index contributed by atoms with van der Waals surface area (Å²) in [4.78, 5) is 23.8. The van der Waals surface area contributed by atoms with E-state index in [1.54, 1.807) is 35.6 Å². The van der Waals surface area contributed by atoms with Crippen LogP contribution in [-0.2, 0) is 26.9 Å². The largest absolute Gasteiger partial charge is 0.459 e. The van der Waals surface area contributed by atoms with E-state index < -0.39 is 36.0 Å². The lowest BCUT2D eigenvalue weighted by atomic mass is 10.1. The maximum Gasteiger partial charge on any atom is 0.349 e. The smallest absolute Gasteiger partial charge is 0.349 e. The van der Waals surface area contributed by atoms with Gasteiger partial charge in [0.2, 0.25) is 0 Å². The first kappa shape index (κ1) is 19.8. The van der Waals surface area contributed by atoms with Gasteiger partial charge in [-0.15, -0.1) is 0 Å². The van der Waals surface area contributed by atoms with Crippen LogP contribution in [0.25, 0.3) is 0 Å². The zero-order chi connectivity index (χ0) is 19.2. The fourth-order valence-electron chi connectivity index (χ4n) is 2.07. The van der Waals surface area contributed by atoms with E-state index in [0.29, 0.717) is 5.56 Å². The van der Waals surface area contributed by atoms with Gasteiger partial charge in [0, 0.05) is 10.6 Å². The Kier molecular flexibility index (Phi) is 6.65. The molecule has 0 heterocycles. The number of ether oxygens (including phenoxy) is 1. The summed E-state index contributed by atoms with van der Waals surface area (Å²) in [5.74, 6) is -6.69. The van der Waals surface area contributed by atoms with E-state index in [9.17, 15) is 23.5 Å². The fourth-order valence-corrected chi connectivity index (χ4v) is 2.26. The summed E-state index contributed by atoms with van der Waals surface area (Å²) in [6.45, 7) is -0.998. The molecule has 138 valence electrons. The van der Waals surface area contributed by atoms with Gasteiger partial charge in [-0.05, 0) is 17.7 Å². The minimum absolute atomic E-state index is 0.0379. The first-order chi connectivity index (χ1) is 12.3. The maximum absolute atomic E-state index is 14.2. The zero-order valence-corrected chi connectivity index (χ0v) is 14.2. The molecule has 1 unspecified atom stereocenters. The van der Waals surface area contributed by atoms with Crippen LogP contribution in [0.1, 0.15) is 11.1 Å². The number of amides is 1. The van der Waals surface area contributed by atoms with Crippen molar-refractivity contribution in [3.63, 3.8) is 0 Å². The Morgan fingerprint density at radius 2 is 1.85 bits per heavy atom. The lowest BCUT2D eigenvalue weighted by molar-refractivity contribution is -0.156. The number of halogens is 3. The van der Waals surface area contributed by atoms with Crippen LogP contribution in [0.2, 0.25) is 5.02 Å². The van der Waals surface area contributed by atoms with Gasteiger partial charge in [-0.2, -0.15) is 8.78 Å². The van der Waals surface area contributed by atoms with Gasteiger partial charge in [0.15, 0.2) is 6.04 Å². The number of rotatable bonds is 7. The normalized spacial score (nSPS) is 12.3. The maximum atomic E-state index is 14.2. The van der Waals surface area contributed by atoms with Crippen molar-refractivity contribution in [2.24, 2.45) is 0 Å². The summed E-state index contributed by atoms with van der Waals surface area (Å²) >= 11 is 5.66. The van der Waals surface area contributed by atoms with Crippen LogP contribution in [0.3, 0.4) is 0 Å². The van der Waals surface area contributed by atoms with E-state index >= 15 is 0 Å². The highest BCUT2D eigenvalue weighted by atomic mass is 35.5. The number of aliphatic hydroxyl groups excluding tert-OH is 1. The highest BCUT2D eigenvalue weighted by Gasteiger charge is 2.42. The molecule has 2 aromatic rings. The number of benzene rings is 2. The lowest BCUT2D eigenvalue weighted by Gasteiger charge is -2.20. The number of hydrogen-bond acceptors (Lipinski definition) is 4. The molecule has 1 amide bonds. The van der Waals surface area contributed by atoms with Crippen molar-refractivity contribution in [1.82, 2.24) is 5.32 Å². The van der Waals surface area contributed by atoms with Gasteiger partial charge in [-0.3, -0.25) is 4.79 Å². The van der Waals surface area contributed by atoms with Crippen molar-refractivity contribution in [2.75, 3.05) is 6.61 Å². The molecular formula is C18H16ClF2NO4. The van der Waals surface area contributed by atoms with E-state index in [1.165, 1.54) is 12.1 Å². The molecule has 2 N–H and O–H groups in total. The molecule has 2 rings (SSSR count). The monoisotopic (exact) mass is 383 g/mol. The molecule has 0 fully saturated rings. The SMILES string of the molecule is O=C(OCc1ccccc1)C(CO)NC(=O)C(F)(F)c1cccc(Cl)c1. The Bertz CT molecular complexity index is 771. The van der Waals surface area contributed by atoms with Gasteiger partial charge in [0.25, 0.3) is 5.91 Å². The van der Waals surface area contributed by atoms with Crippen molar-refractivity contribution in [3.8, 4) is 0 Å². The molecule has 0 aliphatic carbocycles. The second-order valence-electron chi connectivity index (χ2n) is 5.39. The number of nitrogens with one attached hydrogen (secondary N) is 1. The summed E-state index contributed by atoms with van der Waals surface area (Å²) in [5.41, 5.74) is 0.0463. The predicted molar refractivity (Wildman–Crippen MR) is 90.6 cm³/mol. The van der Waals surface area contributed by atoms with Crippen LogP contribution >= 0.6 is 11.6 Å². The summed E-state index contributed by atoms with van der Waals surface area (Å²) in [6.07, 6.45) is 0. The molecule has 0 saturated heterocycles. The Morgan fingerprint density at radius 1 is 1.15 bits per heavy atom. The molecule has 0 bridgehead atoms. The average molecular weight is 384 g/mol. The van der Waals surface area contributed by atoms with Crippen molar-refractivity contribution >= 4 is 23.5 Å². The zero-order valence-electron chi connectivity index (χ0n) is 13.5. The Morgan fingerprint density at radius 3 is 2.46 bits per heavy atom. The third-order valence-corrected chi connectivity index (χ3v) is 3.70. The van der Waals surface area contributed by atoms with Crippen molar-refractivity contribution < 1.29 is 28.2 Å². The second-order valence-corrected chi connectivity index (χ2v) is 5.82. The van der Waals surface area contributed by atoms with Gasteiger partial charge < -0.3 is 15.2 Å². The van der Waals surface area contributed by atoms with Gasteiger partial charge in [0.05, 0.1) is 6.61 Å². The molecule has 0 aliphatic heterocycles. The van der Waals surface area contributed by atoms with Crippen molar-refractivity contribution in [3.05, 3.63) is 70.7 Å². The van der Waals surface area contributed by atoms with Gasteiger partial charge in [-0.1, -0.05) is 54.1 Å². The second kappa shape index (κ2) is 8.73. The van der Waals surface area contributed by atoms with E-state index in [2.05, 4.69) is 0 Å². The van der Waals surface area contributed by atoms with Crippen molar-refractivity contribution in [2.45, 2.75) is 18.6 Å². The number of esters is 1. The van der Waals surface area contributed by atoms with Gasteiger partial charge in [0.1, 0.15) is 6.61 Å². The topological polar surface area (TPSA) is 75.6 Å². The van der Waals surface area contributed by atoms with E-state index in [-0.39, 0.29) is 11.6 Å². The molecular weight excluding hydrogens is 368 g/mol.